The van der Waals surface area contributed by atoms with E-state index in [9.17, 15) is 4.79 Å². The highest BCUT2D eigenvalue weighted by Crippen LogP contribution is 2.20. The number of fused-ring (bicyclic) bond motifs is 1. The molecule has 1 N–H and O–H groups in total. The summed E-state index contributed by atoms with van der Waals surface area (Å²) in [5.41, 5.74) is 2.78. The van der Waals surface area contributed by atoms with Crippen molar-refractivity contribution >= 4 is 5.97 Å². The lowest BCUT2D eigenvalue weighted by molar-refractivity contribution is 0.0645. The Labute approximate surface area is 125 Å². The molecule has 0 aromatic heterocycles. The van der Waals surface area contributed by atoms with Gasteiger partial charge in [0.25, 0.3) is 0 Å². The summed E-state index contributed by atoms with van der Waals surface area (Å²) in [4.78, 5) is 13.4. The molecular weight excluding hydrogens is 270 g/mol. The lowest BCUT2D eigenvalue weighted by Crippen LogP contribution is -2.32. The molecule has 0 bridgehead atoms. The van der Waals surface area contributed by atoms with E-state index in [2.05, 4.69) is 4.90 Å². The molecule has 0 aliphatic carbocycles. The Bertz CT molecular complexity index is 475. The molecule has 5 nitrogen and oxygen atoms in total. The maximum Gasteiger partial charge on any atom is 0.335 e. The number of aromatic carboxylic acids is 1. The van der Waals surface area contributed by atoms with Gasteiger partial charge in [-0.1, -0.05) is 6.07 Å². The topological polar surface area (TPSA) is 59.0 Å². The maximum atomic E-state index is 11.0. The number of carboxylic acids is 1. The molecule has 0 fully saturated rings. The summed E-state index contributed by atoms with van der Waals surface area (Å²) < 4.78 is 10.4. The van der Waals surface area contributed by atoms with Gasteiger partial charge in [-0.05, 0) is 36.1 Å². The van der Waals surface area contributed by atoms with E-state index < -0.39 is 5.97 Å². The first kappa shape index (κ1) is 15.9. The monoisotopic (exact) mass is 293 g/mol. The van der Waals surface area contributed by atoms with E-state index in [1.807, 2.05) is 6.07 Å². The molecule has 2 rings (SSSR count). The number of carbonyl (C=O) groups is 1. The average Bonchev–Trinajstić information content (AvgIpc) is 2.50. The predicted molar refractivity (Wildman–Crippen MR) is 79.7 cm³/mol. The fraction of sp³-hybridized carbons (Fsp3) is 0.562. The molecule has 21 heavy (non-hydrogen) atoms. The number of rotatable bonds is 8. The number of ether oxygens (including phenoxy) is 2. The van der Waals surface area contributed by atoms with Crippen LogP contribution in [0, 0.1) is 0 Å². The normalized spacial score (nSPS) is 14.9. The van der Waals surface area contributed by atoms with Crippen LogP contribution in [-0.4, -0.2) is 56.0 Å². The Morgan fingerprint density at radius 3 is 2.90 bits per heavy atom. The van der Waals surface area contributed by atoms with E-state index in [1.165, 1.54) is 5.56 Å². The van der Waals surface area contributed by atoms with E-state index in [-0.39, 0.29) is 0 Å². The highest BCUT2D eigenvalue weighted by Gasteiger charge is 2.17. The van der Waals surface area contributed by atoms with Crippen molar-refractivity contribution in [1.29, 1.82) is 0 Å². The molecule has 1 aliphatic heterocycles. The third-order valence-corrected chi connectivity index (χ3v) is 3.74. The summed E-state index contributed by atoms with van der Waals surface area (Å²) >= 11 is 0. The van der Waals surface area contributed by atoms with Gasteiger partial charge in [0.05, 0.1) is 18.8 Å². The van der Waals surface area contributed by atoms with Crippen molar-refractivity contribution in [1.82, 2.24) is 4.90 Å². The minimum atomic E-state index is -0.860. The Balaban J connectivity index is 1.79. The predicted octanol–water partition coefficient (Wildman–Crippen LogP) is 1.80. The molecular formula is C16H23NO4. The zero-order valence-corrected chi connectivity index (χ0v) is 12.5. The first-order valence-electron chi connectivity index (χ1n) is 7.35. The molecule has 0 saturated carbocycles. The molecule has 116 valence electrons. The van der Waals surface area contributed by atoms with Crippen LogP contribution in [0.15, 0.2) is 18.2 Å². The molecule has 1 aromatic carbocycles. The first-order chi connectivity index (χ1) is 10.2. The van der Waals surface area contributed by atoms with Crippen molar-refractivity contribution in [2.45, 2.75) is 19.4 Å². The van der Waals surface area contributed by atoms with Crippen LogP contribution in [-0.2, 0) is 22.4 Å². The highest BCUT2D eigenvalue weighted by atomic mass is 16.5. The second-order valence-electron chi connectivity index (χ2n) is 5.27. The standard InChI is InChI=1S/C16H23NO4/c1-20-9-10-21-8-2-6-17-7-5-13-3-4-14(16(18)19)11-15(13)12-17/h3-4,11H,2,5-10,12H2,1H3,(H,18,19). The van der Waals surface area contributed by atoms with Crippen LogP contribution in [0.2, 0.25) is 0 Å². The van der Waals surface area contributed by atoms with Crippen molar-refractivity contribution in [2.24, 2.45) is 0 Å². The van der Waals surface area contributed by atoms with Crippen LogP contribution in [0.5, 0.6) is 0 Å². The SMILES string of the molecule is COCCOCCCN1CCc2ccc(C(=O)O)cc2C1. The zero-order chi connectivity index (χ0) is 15.1. The molecule has 1 aromatic rings. The fourth-order valence-electron chi connectivity index (χ4n) is 2.57. The lowest BCUT2D eigenvalue weighted by atomic mass is 9.97. The fourth-order valence-corrected chi connectivity index (χ4v) is 2.57. The average molecular weight is 293 g/mol. The van der Waals surface area contributed by atoms with Crippen LogP contribution in [0.3, 0.4) is 0 Å². The van der Waals surface area contributed by atoms with Crippen molar-refractivity contribution in [3.63, 3.8) is 0 Å². The number of carboxylic acid groups (broad SMARTS) is 1. The molecule has 1 heterocycles. The second kappa shape index (κ2) is 8.12. The Morgan fingerprint density at radius 2 is 2.14 bits per heavy atom. The number of methoxy groups -OCH3 is 1. The van der Waals surface area contributed by atoms with Crippen molar-refractivity contribution in [3.8, 4) is 0 Å². The van der Waals surface area contributed by atoms with Crippen LogP contribution in [0.1, 0.15) is 27.9 Å². The van der Waals surface area contributed by atoms with Gasteiger partial charge in [0.1, 0.15) is 0 Å². The third-order valence-electron chi connectivity index (χ3n) is 3.74. The summed E-state index contributed by atoms with van der Waals surface area (Å²) in [6.07, 6.45) is 1.97. The molecule has 1 aliphatic rings. The lowest BCUT2D eigenvalue weighted by Gasteiger charge is -2.28. The maximum absolute atomic E-state index is 11.0. The summed E-state index contributed by atoms with van der Waals surface area (Å²) in [7, 11) is 1.67. The van der Waals surface area contributed by atoms with Gasteiger partial charge >= 0.3 is 5.97 Å². The molecule has 5 heteroatoms. The van der Waals surface area contributed by atoms with Crippen LogP contribution < -0.4 is 0 Å². The highest BCUT2D eigenvalue weighted by molar-refractivity contribution is 5.87. The van der Waals surface area contributed by atoms with E-state index >= 15 is 0 Å². The molecule has 0 amide bonds. The molecule has 0 atom stereocenters. The van der Waals surface area contributed by atoms with Crippen LogP contribution in [0.25, 0.3) is 0 Å². The van der Waals surface area contributed by atoms with Crippen molar-refractivity contribution in [2.75, 3.05) is 40.0 Å². The minimum absolute atomic E-state index is 0.374. The number of hydrogen-bond donors (Lipinski definition) is 1. The Kier molecular flexibility index (Phi) is 6.17. The van der Waals surface area contributed by atoms with E-state index in [4.69, 9.17) is 14.6 Å². The largest absolute Gasteiger partial charge is 0.478 e. The quantitative estimate of drug-likeness (QED) is 0.741. The summed E-state index contributed by atoms with van der Waals surface area (Å²) in [6.45, 7) is 4.84. The summed E-state index contributed by atoms with van der Waals surface area (Å²) in [6, 6.07) is 5.45. The third kappa shape index (κ3) is 4.81. The molecule has 0 unspecified atom stereocenters. The van der Waals surface area contributed by atoms with E-state index in [0.717, 1.165) is 44.6 Å². The van der Waals surface area contributed by atoms with Gasteiger partial charge in [0.15, 0.2) is 0 Å². The number of nitrogens with zero attached hydrogens (tertiary/aromatic N) is 1. The van der Waals surface area contributed by atoms with Gasteiger partial charge in [-0.15, -0.1) is 0 Å². The first-order valence-corrected chi connectivity index (χ1v) is 7.35. The van der Waals surface area contributed by atoms with Gasteiger partial charge in [-0.3, -0.25) is 4.90 Å². The molecule has 0 radical (unpaired) electrons. The van der Waals surface area contributed by atoms with Gasteiger partial charge in [-0.2, -0.15) is 0 Å². The Hall–Kier alpha value is -1.43. The summed E-state index contributed by atoms with van der Waals surface area (Å²) in [5.74, 6) is -0.860. The minimum Gasteiger partial charge on any atom is -0.478 e. The van der Waals surface area contributed by atoms with Gasteiger partial charge in [0.2, 0.25) is 0 Å². The van der Waals surface area contributed by atoms with Gasteiger partial charge < -0.3 is 14.6 Å². The van der Waals surface area contributed by atoms with E-state index in [0.29, 0.717) is 18.8 Å². The van der Waals surface area contributed by atoms with Crippen LogP contribution in [0.4, 0.5) is 0 Å². The molecule has 0 saturated heterocycles. The number of benzene rings is 1. The van der Waals surface area contributed by atoms with Crippen LogP contribution >= 0.6 is 0 Å². The summed E-state index contributed by atoms with van der Waals surface area (Å²) in [5, 5.41) is 9.06. The van der Waals surface area contributed by atoms with Crippen molar-refractivity contribution in [3.05, 3.63) is 34.9 Å². The smallest absolute Gasteiger partial charge is 0.335 e. The Morgan fingerprint density at radius 1 is 1.29 bits per heavy atom. The second-order valence-corrected chi connectivity index (χ2v) is 5.27. The van der Waals surface area contributed by atoms with Gasteiger partial charge in [0, 0.05) is 33.4 Å². The zero-order valence-electron chi connectivity index (χ0n) is 12.5. The van der Waals surface area contributed by atoms with Crippen molar-refractivity contribution < 1.29 is 19.4 Å². The molecule has 0 spiro atoms. The van der Waals surface area contributed by atoms with E-state index in [1.54, 1.807) is 19.2 Å². The van der Waals surface area contributed by atoms with Gasteiger partial charge in [-0.25, -0.2) is 4.79 Å². The number of hydrogen-bond acceptors (Lipinski definition) is 4.